The maximum absolute atomic E-state index is 12.7. The number of fused-ring (bicyclic) bond motifs is 1. The van der Waals surface area contributed by atoms with Gasteiger partial charge in [0.25, 0.3) is 5.91 Å². The van der Waals surface area contributed by atoms with Crippen molar-refractivity contribution in [3.8, 4) is 0 Å². The Morgan fingerprint density at radius 2 is 1.87 bits per heavy atom. The van der Waals surface area contributed by atoms with Crippen LogP contribution in [0, 0.1) is 6.92 Å². The van der Waals surface area contributed by atoms with Crippen LogP contribution in [0.5, 0.6) is 0 Å². The van der Waals surface area contributed by atoms with E-state index in [-0.39, 0.29) is 11.8 Å². The van der Waals surface area contributed by atoms with E-state index < -0.39 is 6.04 Å². The Labute approximate surface area is 139 Å². The van der Waals surface area contributed by atoms with Gasteiger partial charge in [-0.05, 0) is 18.9 Å². The van der Waals surface area contributed by atoms with Crippen molar-refractivity contribution in [1.29, 1.82) is 0 Å². The zero-order chi connectivity index (χ0) is 16.8. The van der Waals surface area contributed by atoms with Crippen LogP contribution in [0.15, 0.2) is 18.2 Å². The van der Waals surface area contributed by atoms with Crippen LogP contribution < -0.4 is 10.2 Å². The number of carbonyl (C=O) groups is 2. The standard InChI is InChI=1S/C19H28N2O2/c1-4-5-6-7-8-9-13-21-18-14(2)11-10-12-16(18)17(19(21)23)20-15(3)22/h10-12,17H,4-9,13H2,1-3H3,(H,20,22). The summed E-state index contributed by atoms with van der Waals surface area (Å²) in [6.45, 7) is 6.43. The van der Waals surface area contributed by atoms with Gasteiger partial charge in [0.2, 0.25) is 5.91 Å². The van der Waals surface area contributed by atoms with Gasteiger partial charge in [-0.15, -0.1) is 0 Å². The molecule has 0 saturated carbocycles. The Morgan fingerprint density at radius 3 is 2.57 bits per heavy atom. The number of aryl methyl sites for hydroxylation is 1. The lowest BCUT2D eigenvalue weighted by atomic mass is 10.1. The van der Waals surface area contributed by atoms with E-state index >= 15 is 0 Å². The molecule has 4 heteroatoms. The van der Waals surface area contributed by atoms with Gasteiger partial charge in [-0.2, -0.15) is 0 Å². The Bertz CT molecular complexity index is 568. The van der Waals surface area contributed by atoms with E-state index in [9.17, 15) is 9.59 Å². The smallest absolute Gasteiger partial charge is 0.254 e. The molecule has 0 aromatic heterocycles. The molecule has 1 aromatic rings. The fourth-order valence-corrected chi connectivity index (χ4v) is 3.30. The number of rotatable bonds is 8. The highest BCUT2D eigenvalue weighted by atomic mass is 16.2. The van der Waals surface area contributed by atoms with E-state index in [4.69, 9.17) is 0 Å². The van der Waals surface area contributed by atoms with E-state index in [0.717, 1.165) is 36.2 Å². The van der Waals surface area contributed by atoms with Gasteiger partial charge in [-0.25, -0.2) is 0 Å². The molecule has 1 aliphatic rings. The number of unbranched alkanes of at least 4 members (excludes halogenated alkanes) is 5. The molecule has 0 aliphatic carbocycles. The fraction of sp³-hybridized carbons (Fsp3) is 0.579. The van der Waals surface area contributed by atoms with E-state index in [1.54, 1.807) is 0 Å². The summed E-state index contributed by atoms with van der Waals surface area (Å²) in [4.78, 5) is 26.0. The Balaban J connectivity index is 2.05. The van der Waals surface area contributed by atoms with Crippen LogP contribution in [0.2, 0.25) is 0 Å². The number of nitrogens with zero attached hydrogens (tertiary/aromatic N) is 1. The maximum Gasteiger partial charge on any atom is 0.254 e. The summed E-state index contributed by atoms with van der Waals surface area (Å²) in [5, 5.41) is 2.79. The lowest BCUT2D eigenvalue weighted by Gasteiger charge is -2.19. The molecule has 2 rings (SSSR count). The summed E-state index contributed by atoms with van der Waals surface area (Å²) in [5.74, 6) is -0.171. The SMILES string of the molecule is CCCCCCCCN1C(=O)C(NC(C)=O)c2cccc(C)c21. The molecule has 0 bridgehead atoms. The van der Waals surface area contributed by atoms with Crippen molar-refractivity contribution in [3.63, 3.8) is 0 Å². The average molecular weight is 316 g/mol. The van der Waals surface area contributed by atoms with Crippen molar-refractivity contribution < 1.29 is 9.59 Å². The summed E-state index contributed by atoms with van der Waals surface area (Å²) >= 11 is 0. The first-order chi connectivity index (χ1) is 11.1. The van der Waals surface area contributed by atoms with Crippen LogP contribution in [0.25, 0.3) is 0 Å². The summed E-state index contributed by atoms with van der Waals surface area (Å²) < 4.78 is 0. The van der Waals surface area contributed by atoms with Crippen molar-refractivity contribution >= 4 is 17.5 Å². The van der Waals surface area contributed by atoms with Crippen LogP contribution in [-0.4, -0.2) is 18.4 Å². The van der Waals surface area contributed by atoms with Gasteiger partial charge >= 0.3 is 0 Å². The second-order valence-electron chi connectivity index (χ2n) is 6.40. The number of benzene rings is 1. The molecule has 4 nitrogen and oxygen atoms in total. The molecular formula is C19H28N2O2. The summed E-state index contributed by atoms with van der Waals surface area (Å²) in [7, 11) is 0. The highest BCUT2D eigenvalue weighted by Crippen LogP contribution is 2.38. The predicted molar refractivity (Wildman–Crippen MR) is 93.5 cm³/mol. The molecule has 23 heavy (non-hydrogen) atoms. The van der Waals surface area contributed by atoms with Gasteiger partial charge in [-0.3, -0.25) is 9.59 Å². The minimum Gasteiger partial charge on any atom is -0.341 e. The zero-order valence-corrected chi connectivity index (χ0v) is 14.5. The van der Waals surface area contributed by atoms with Crippen molar-refractivity contribution in [2.75, 3.05) is 11.4 Å². The predicted octanol–water partition coefficient (Wildman–Crippen LogP) is 3.88. The first kappa shape index (κ1) is 17.5. The molecule has 1 aliphatic heterocycles. The summed E-state index contributed by atoms with van der Waals surface area (Å²) in [5.41, 5.74) is 3.01. The Morgan fingerprint density at radius 1 is 1.17 bits per heavy atom. The van der Waals surface area contributed by atoms with Crippen LogP contribution in [-0.2, 0) is 9.59 Å². The van der Waals surface area contributed by atoms with Crippen molar-refractivity contribution in [2.45, 2.75) is 65.3 Å². The number of para-hydroxylation sites is 1. The molecule has 1 N–H and O–H groups in total. The van der Waals surface area contributed by atoms with Gasteiger partial charge < -0.3 is 10.2 Å². The highest BCUT2D eigenvalue weighted by Gasteiger charge is 2.38. The van der Waals surface area contributed by atoms with Crippen LogP contribution in [0.4, 0.5) is 5.69 Å². The third kappa shape index (κ3) is 4.12. The zero-order valence-electron chi connectivity index (χ0n) is 14.5. The normalized spacial score (nSPS) is 16.6. The number of amides is 2. The Hall–Kier alpha value is -1.84. The molecule has 0 radical (unpaired) electrons. The molecule has 0 spiro atoms. The molecule has 1 unspecified atom stereocenters. The molecule has 1 atom stereocenters. The van der Waals surface area contributed by atoms with Crippen molar-refractivity contribution in [3.05, 3.63) is 29.3 Å². The lowest BCUT2D eigenvalue weighted by Crippen LogP contribution is -2.37. The van der Waals surface area contributed by atoms with Gasteiger partial charge in [0, 0.05) is 19.0 Å². The lowest BCUT2D eigenvalue weighted by molar-refractivity contribution is -0.126. The van der Waals surface area contributed by atoms with Crippen molar-refractivity contribution in [1.82, 2.24) is 5.32 Å². The van der Waals surface area contributed by atoms with E-state index in [0.29, 0.717) is 0 Å². The van der Waals surface area contributed by atoms with E-state index in [1.807, 2.05) is 30.0 Å². The van der Waals surface area contributed by atoms with Gasteiger partial charge in [0.1, 0.15) is 6.04 Å². The van der Waals surface area contributed by atoms with Gasteiger partial charge in [0.05, 0.1) is 5.69 Å². The van der Waals surface area contributed by atoms with Crippen LogP contribution in [0.3, 0.4) is 0 Å². The van der Waals surface area contributed by atoms with Gasteiger partial charge in [-0.1, -0.05) is 57.2 Å². The number of hydrogen-bond donors (Lipinski definition) is 1. The number of carbonyl (C=O) groups excluding carboxylic acids is 2. The minimum atomic E-state index is -0.525. The van der Waals surface area contributed by atoms with E-state index in [1.165, 1.54) is 32.6 Å². The largest absolute Gasteiger partial charge is 0.341 e. The molecule has 1 aromatic carbocycles. The summed E-state index contributed by atoms with van der Waals surface area (Å²) in [6.07, 6.45) is 7.19. The molecule has 0 fully saturated rings. The van der Waals surface area contributed by atoms with E-state index in [2.05, 4.69) is 12.2 Å². The molecule has 0 saturated heterocycles. The monoisotopic (exact) mass is 316 g/mol. The van der Waals surface area contributed by atoms with Crippen LogP contribution in [0.1, 0.15) is 69.5 Å². The number of hydrogen-bond acceptors (Lipinski definition) is 2. The molecule has 126 valence electrons. The Kier molecular flexibility index (Phi) is 6.20. The quantitative estimate of drug-likeness (QED) is 0.740. The third-order valence-corrected chi connectivity index (χ3v) is 4.45. The first-order valence-electron chi connectivity index (χ1n) is 8.74. The summed E-state index contributed by atoms with van der Waals surface area (Å²) in [6, 6.07) is 5.39. The van der Waals surface area contributed by atoms with Crippen LogP contribution >= 0.6 is 0 Å². The van der Waals surface area contributed by atoms with Gasteiger partial charge in [0.15, 0.2) is 0 Å². The molecule has 2 amide bonds. The minimum absolute atomic E-state index is 0.00180. The topological polar surface area (TPSA) is 49.4 Å². The third-order valence-electron chi connectivity index (χ3n) is 4.45. The number of nitrogens with one attached hydrogen (secondary N) is 1. The number of anilines is 1. The fourth-order valence-electron chi connectivity index (χ4n) is 3.30. The molecular weight excluding hydrogens is 288 g/mol. The highest BCUT2D eigenvalue weighted by molar-refractivity contribution is 6.06. The second kappa shape index (κ2) is 8.14. The average Bonchev–Trinajstić information content (AvgIpc) is 2.77. The van der Waals surface area contributed by atoms with Crippen molar-refractivity contribution in [2.24, 2.45) is 0 Å². The maximum atomic E-state index is 12.7. The second-order valence-corrected chi connectivity index (χ2v) is 6.40. The molecule has 1 heterocycles. The first-order valence-corrected chi connectivity index (χ1v) is 8.74.